The molecule has 0 aliphatic heterocycles. The van der Waals surface area contributed by atoms with E-state index in [0.717, 1.165) is 0 Å². The number of nitrogens with zero attached hydrogens (tertiary/aromatic N) is 1. The highest BCUT2D eigenvalue weighted by atomic mass is 15.2. The molecule has 1 aromatic rings. The Bertz CT molecular complexity index is 350. The Morgan fingerprint density at radius 3 is 1.76 bits per heavy atom. The van der Waals surface area contributed by atoms with Crippen LogP contribution in [-0.4, -0.2) is 12.1 Å². The molecule has 0 aliphatic carbocycles. The van der Waals surface area contributed by atoms with Crippen LogP contribution < -0.4 is 4.90 Å². The first-order chi connectivity index (χ1) is 7.75. The highest BCUT2D eigenvalue weighted by Gasteiger charge is 2.23. The molecule has 0 bridgehead atoms. The van der Waals surface area contributed by atoms with Crippen LogP contribution in [-0.2, 0) is 5.41 Å². The second-order valence-electron chi connectivity index (χ2n) is 6.36. The lowest BCUT2D eigenvalue weighted by molar-refractivity contribution is 0.564. The molecule has 17 heavy (non-hydrogen) atoms. The maximum Gasteiger partial charge on any atom is 0.0408 e. The van der Waals surface area contributed by atoms with E-state index in [1.165, 1.54) is 11.3 Å². The molecular formula is C16H27N. The SMILES string of the molecule is CC(C)N(c1ccccc1C(C)(C)C)C(C)C. The van der Waals surface area contributed by atoms with Gasteiger partial charge in [-0.05, 0) is 44.7 Å². The summed E-state index contributed by atoms with van der Waals surface area (Å²) in [5.41, 5.74) is 3.01. The Hall–Kier alpha value is -0.980. The van der Waals surface area contributed by atoms with Crippen molar-refractivity contribution in [3.05, 3.63) is 29.8 Å². The van der Waals surface area contributed by atoms with Crippen LogP contribution in [0.1, 0.15) is 54.0 Å². The van der Waals surface area contributed by atoms with Gasteiger partial charge in [0.25, 0.3) is 0 Å². The molecule has 1 rings (SSSR count). The van der Waals surface area contributed by atoms with E-state index in [-0.39, 0.29) is 5.41 Å². The summed E-state index contributed by atoms with van der Waals surface area (Å²) in [4.78, 5) is 2.50. The van der Waals surface area contributed by atoms with Crippen molar-refractivity contribution in [2.75, 3.05) is 4.90 Å². The summed E-state index contributed by atoms with van der Waals surface area (Å²) in [5, 5.41) is 0. The van der Waals surface area contributed by atoms with Crippen molar-refractivity contribution in [1.82, 2.24) is 0 Å². The highest BCUT2D eigenvalue weighted by molar-refractivity contribution is 5.57. The van der Waals surface area contributed by atoms with E-state index in [1.807, 2.05) is 0 Å². The zero-order chi connectivity index (χ0) is 13.2. The number of hydrogen-bond donors (Lipinski definition) is 0. The van der Waals surface area contributed by atoms with Crippen molar-refractivity contribution in [1.29, 1.82) is 0 Å². The van der Waals surface area contributed by atoms with E-state index < -0.39 is 0 Å². The summed E-state index contributed by atoms with van der Waals surface area (Å²) in [7, 11) is 0. The molecule has 0 aromatic heterocycles. The molecule has 0 N–H and O–H groups in total. The molecular weight excluding hydrogens is 206 g/mol. The van der Waals surface area contributed by atoms with E-state index in [0.29, 0.717) is 12.1 Å². The summed E-state index contributed by atoms with van der Waals surface area (Å²) in [5.74, 6) is 0. The summed E-state index contributed by atoms with van der Waals surface area (Å²) in [6, 6.07) is 9.84. The highest BCUT2D eigenvalue weighted by Crippen LogP contribution is 2.33. The van der Waals surface area contributed by atoms with Crippen LogP contribution in [0, 0.1) is 0 Å². The number of para-hydroxylation sites is 1. The summed E-state index contributed by atoms with van der Waals surface area (Å²) < 4.78 is 0. The summed E-state index contributed by atoms with van der Waals surface area (Å²) in [6.07, 6.45) is 0. The van der Waals surface area contributed by atoms with Crippen LogP contribution in [0.25, 0.3) is 0 Å². The number of rotatable bonds is 3. The Kier molecular flexibility index (Phi) is 4.24. The van der Waals surface area contributed by atoms with Crippen molar-refractivity contribution in [3.8, 4) is 0 Å². The van der Waals surface area contributed by atoms with Crippen molar-refractivity contribution in [2.45, 2.75) is 66.0 Å². The van der Waals surface area contributed by atoms with Gasteiger partial charge in [-0.1, -0.05) is 39.0 Å². The van der Waals surface area contributed by atoms with Crippen LogP contribution in [0.5, 0.6) is 0 Å². The van der Waals surface area contributed by atoms with Crippen LogP contribution >= 0.6 is 0 Å². The monoisotopic (exact) mass is 233 g/mol. The van der Waals surface area contributed by atoms with Gasteiger partial charge in [-0.3, -0.25) is 0 Å². The van der Waals surface area contributed by atoms with Crippen LogP contribution in [0.2, 0.25) is 0 Å². The first-order valence-electron chi connectivity index (χ1n) is 6.63. The van der Waals surface area contributed by atoms with Gasteiger partial charge < -0.3 is 4.90 Å². The average Bonchev–Trinajstić information content (AvgIpc) is 2.15. The van der Waals surface area contributed by atoms with E-state index in [1.54, 1.807) is 0 Å². The summed E-state index contributed by atoms with van der Waals surface area (Å²) in [6.45, 7) is 15.9. The molecule has 0 atom stereocenters. The van der Waals surface area contributed by atoms with Crippen LogP contribution in [0.15, 0.2) is 24.3 Å². The van der Waals surface area contributed by atoms with Crippen molar-refractivity contribution < 1.29 is 0 Å². The van der Waals surface area contributed by atoms with Crippen LogP contribution in [0.4, 0.5) is 5.69 Å². The minimum absolute atomic E-state index is 0.193. The lowest BCUT2D eigenvalue weighted by atomic mass is 9.85. The third-order valence-corrected chi connectivity index (χ3v) is 3.10. The first-order valence-corrected chi connectivity index (χ1v) is 6.63. The Balaban J connectivity index is 3.29. The van der Waals surface area contributed by atoms with Gasteiger partial charge in [0.1, 0.15) is 0 Å². The van der Waals surface area contributed by atoms with E-state index >= 15 is 0 Å². The first kappa shape index (κ1) is 14.1. The summed E-state index contributed by atoms with van der Waals surface area (Å²) >= 11 is 0. The van der Waals surface area contributed by atoms with Crippen LogP contribution in [0.3, 0.4) is 0 Å². The third-order valence-electron chi connectivity index (χ3n) is 3.10. The van der Waals surface area contributed by atoms with E-state index in [4.69, 9.17) is 0 Å². The number of anilines is 1. The lowest BCUT2D eigenvalue weighted by Gasteiger charge is -2.37. The quantitative estimate of drug-likeness (QED) is 0.737. The molecule has 0 aliphatic rings. The predicted octanol–water partition coefficient (Wildman–Crippen LogP) is 4.61. The molecule has 0 saturated heterocycles. The Morgan fingerprint density at radius 1 is 0.882 bits per heavy atom. The Morgan fingerprint density at radius 2 is 1.35 bits per heavy atom. The second-order valence-corrected chi connectivity index (χ2v) is 6.36. The van der Waals surface area contributed by atoms with Gasteiger partial charge in [0.05, 0.1) is 0 Å². The average molecular weight is 233 g/mol. The van der Waals surface area contributed by atoms with Crippen molar-refractivity contribution in [3.63, 3.8) is 0 Å². The molecule has 0 spiro atoms. The van der Waals surface area contributed by atoms with Gasteiger partial charge >= 0.3 is 0 Å². The smallest absolute Gasteiger partial charge is 0.0408 e. The van der Waals surface area contributed by atoms with Gasteiger partial charge in [0, 0.05) is 17.8 Å². The topological polar surface area (TPSA) is 3.24 Å². The Labute approximate surface area is 107 Å². The van der Waals surface area contributed by atoms with Gasteiger partial charge in [0.15, 0.2) is 0 Å². The zero-order valence-corrected chi connectivity index (χ0v) is 12.4. The molecule has 1 nitrogen and oxygen atoms in total. The molecule has 1 heteroatoms. The molecule has 0 saturated carbocycles. The standard InChI is InChI=1S/C16H27N/c1-12(2)17(13(3)4)15-11-9-8-10-14(15)16(5,6)7/h8-13H,1-7H3. The van der Waals surface area contributed by atoms with Gasteiger partial charge in [-0.15, -0.1) is 0 Å². The van der Waals surface area contributed by atoms with Gasteiger partial charge in [-0.2, -0.15) is 0 Å². The molecule has 96 valence electrons. The fourth-order valence-corrected chi connectivity index (χ4v) is 2.49. The zero-order valence-electron chi connectivity index (χ0n) is 12.4. The number of hydrogen-bond acceptors (Lipinski definition) is 1. The van der Waals surface area contributed by atoms with Gasteiger partial charge in [-0.25, -0.2) is 0 Å². The van der Waals surface area contributed by atoms with E-state index in [2.05, 4.69) is 77.6 Å². The lowest BCUT2D eigenvalue weighted by Crippen LogP contribution is -2.38. The van der Waals surface area contributed by atoms with E-state index in [9.17, 15) is 0 Å². The van der Waals surface area contributed by atoms with Crippen molar-refractivity contribution in [2.24, 2.45) is 0 Å². The minimum Gasteiger partial charge on any atom is -0.366 e. The molecule has 0 fully saturated rings. The van der Waals surface area contributed by atoms with Crippen molar-refractivity contribution >= 4 is 5.69 Å². The predicted molar refractivity (Wildman–Crippen MR) is 77.9 cm³/mol. The second kappa shape index (κ2) is 5.12. The number of benzene rings is 1. The normalized spacial score (nSPS) is 12.3. The maximum atomic E-state index is 2.50. The molecule has 0 heterocycles. The third kappa shape index (κ3) is 3.24. The fourth-order valence-electron chi connectivity index (χ4n) is 2.49. The largest absolute Gasteiger partial charge is 0.366 e. The molecule has 1 aromatic carbocycles. The molecule has 0 unspecified atom stereocenters. The maximum absolute atomic E-state index is 2.50. The minimum atomic E-state index is 0.193. The van der Waals surface area contributed by atoms with Gasteiger partial charge in [0.2, 0.25) is 0 Å². The molecule has 0 amide bonds. The fraction of sp³-hybridized carbons (Fsp3) is 0.625. The molecule has 0 radical (unpaired) electrons.